The van der Waals surface area contributed by atoms with Gasteiger partial charge in [-0.25, -0.2) is 0 Å². The highest BCUT2D eigenvalue weighted by Crippen LogP contribution is 2.22. The first-order valence-corrected chi connectivity index (χ1v) is 7.20. The summed E-state index contributed by atoms with van der Waals surface area (Å²) in [7, 11) is 1.71. The minimum Gasteiger partial charge on any atom is -0.358 e. The van der Waals surface area contributed by atoms with Crippen molar-refractivity contribution in [1.82, 2.24) is 10.2 Å². The van der Waals surface area contributed by atoms with E-state index in [1.165, 1.54) is 24.8 Å². The van der Waals surface area contributed by atoms with Crippen molar-refractivity contribution < 1.29 is 4.79 Å². The number of likely N-dealkylation sites (tertiary alicyclic amines) is 1. The Morgan fingerprint density at radius 1 is 1.32 bits per heavy atom. The Labute approximate surface area is 116 Å². The maximum absolute atomic E-state index is 11.6. The molecule has 19 heavy (non-hydrogen) atoms. The van der Waals surface area contributed by atoms with E-state index in [1.807, 2.05) is 6.92 Å². The highest BCUT2D eigenvalue weighted by molar-refractivity contribution is 5.80. The summed E-state index contributed by atoms with van der Waals surface area (Å²) in [6.45, 7) is 4.06. The van der Waals surface area contributed by atoms with Crippen molar-refractivity contribution in [3.63, 3.8) is 0 Å². The fourth-order valence-corrected chi connectivity index (χ4v) is 2.87. The van der Waals surface area contributed by atoms with E-state index < -0.39 is 0 Å². The highest BCUT2D eigenvalue weighted by Gasteiger charge is 2.25. The molecule has 1 aliphatic heterocycles. The van der Waals surface area contributed by atoms with Gasteiger partial charge in [-0.15, -0.1) is 0 Å². The molecule has 1 amide bonds. The Bertz CT molecular complexity index is 396. The summed E-state index contributed by atoms with van der Waals surface area (Å²) >= 11 is 0. The zero-order chi connectivity index (χ0) is 13.7. The Morgan fingerprint density at radius 3 is 2.53 bits per heavy atom. The molecule has 0 aliphatic carbocycles. The Morgan fingerprint density at radius 2 is 1.95 bits per heavy atom. The van der Waals surface area contributed by atoms with Crippen molar-refractivity contribution in [2.24, 2.45) is 5.92 Å². The van der Waals surface area contributed by atoms with Gasteiger partial charge in [-0.05, 0) is 50.8 Å². The molecule has 1 atom stereocenters. The van der Waals surface area contributed by atoms with Crippen LogP contribution in [0.5, 0.6) is 0 Å². The highest BCUT2D eigenvalue weighted by atomic mass is 16.2. The lowest BCUT2D eigenvalue weighted by Crippen LogP contribution is -2.47. The predicted octanol–water partition coefficient (Wildman–Crippen LogP) is 2.08. The number of piperidine rings is 1. The van der Waals surface area contributed by atoms with Gasteiger partial charge >= 0.3 is 0 Å². The van der Waals surface area contributed by atoms with Gasteiger partial charge in [-0.3, -0.25) is 9.69 Å². The summed E-state index contributed by atoms with van der Waals surface area (Å²) in [6, 6.07) is 10.7. The van der Waals surface area contributed by atoms with Crippen LogP contribution in [0.2, 0.25) is 0 Å². The lowest BCUT2D eigenvalue weighted by atomic mass is 9.89. The molecule has 1 aromatic carbocycles. The van der Waals surface area contributed by atoms with Gasteiger partial charge in [0.05, 0.1) is 6.04 Å². The number of rotatable bonds is 4. The van der Waals surface area contributed by atoms with E-state index in [1.54, 1.807) is 7.05 Å². The van der Waals surface area contributed by atoms with E-state index in [9.17, 15) is 4.79 Å². The van der Waals surface area contributed by atoms with Crippen LogP contribution in [-0.4, -0.2) is 37.0 Å². The molecule has 104 valence electrons. The van der Waals surface area contributed by atoms with Crippen molar-refractivity contribution in [2.75, 3.05) is 20.1 Å². The largest absolute Gasteiger partial charge is 0.358 e. The molecule has 3 heteroatoms. The van der Waals surface area contributed by atoms with Crippen LogP contribution < -0.4 is 5.32 Å². The van der Waals surface area contributed by atoms with Crippen molar-refractivity contribution in [3.8, 4) is 0 Å². The summed E-state index contributed by atoms with van der Waals surface area (Å²) in [5, 5.41) is 2.73. The standard InChI is InChI=1S/C16H24N2O/c1-13(16(19)17-2)18-10-8-15(9-11-18)12-14-6-4-3-5-7-14/h3-7,13,15H,8-12H2,1-2H3,(H,17,19)/t13-/m0/s1. The molecule has 0 spiro atoms. The molecule has 0 unspecified atom stereocenters. The van der Waals surface area contributed by atoms with Gasteiger partial charge in [0, 0.05) is 7.05 Å². The topological polar surface area (TPSA) is 32.3 Å². The molecular weight excluding hydrogens is 236 g/mol. The normalized spacial score (nSPS) is 19.1. The molecule has 0 bridgehead atoms. The molecule has 3 nitrogen and oxygen atoms in total. The second kappa shape index (κ2) is 6.71. The van der Waals surface area contributed by atoms with Crippen molar-refractivity contribution in [3.05, 3.63) is 35.9 Å². The van der Waals surface area contributed by atoms with Crippen LogP contribution in [-0.2, 0) is 11.2 Å². The molecule has 1 N–H and O–H groups in total. The number of hydrogen-bond acceptors (Lipinski definition) is 2. The van der Waals surface area contributed by atoms with Crippen LogP contribution in [0.25, 0.3) is 0 Å². The van der Waals surface area contributed by atoms with Gasteiger partial charge < -0.3 is 5.32 Å². The lowest BCUT2D eigenvalue weighted by molar-refractivity contribution is -0.125. The third kappa shape index (κ3) is 3.80. The van der Waals surface area contributed by atoms with E-state index in [4.69, 9.17) is 0 Å². The molecular formula is C16H24N2O. The zero-order valence-corrected chi connectivity index (χ0v) is 11.9. The van der Waals surface area contributed by atoms with Gasteiger partial charge in [0.1, 0.15) is 0 Å². The minimum atomic E-state index is 0.00248. The molecule has 2 rings (SSSR count). The monoisotopic (exact) mass is 260 g/mol. The lowest BCUT2D eigenvalue weighted by Gasteiger charge is -2.35. The van der Waals surface area contributed by atoms with Crippen LogP contribution in [0, 0.1) is 5.92 Å². The van der Waals surface area contributed by atoms with Crippen LogP contribution in [0.1, 0.15) is 25.3 Å². The zero-order valence-electron chi connectivity index (χ0n) is 11.9. The number of nitrogens with one attached hydrogen (secondary N) is 1. The quantitative estimate of drug-likeness (QED) is 0.899. The van der Waals surface area contributed by atoms with Gasteiger partial charge in [-0.1, -0.05) is 30.3 Å². The molecule has 1 heterocycles. The molecule has 0 saturated carbocycles. The predicted molar refractivity (Wildman–Crippen MR) is 78.0 cm³/mol. The van der Waals surface area contributed by atoms with E-state index in [-0.39, 0.29) is 11.9 Å². The summed E-state index contributed by atoms with van der Waals surface area (Å²) in [6.07, 6.45) is 3.55. The number of carbonyl (C=O) groups excluding carboxylic acids is 1. The van der Waals surface area contributed by atoms with E-state index in [0.717, 1.165) is 19.0 Å². The van der Waals surface area contributed by atoms with Crippen molar-refractivity contribution >= 4 is 5.91 Å². The SMILES string of the molecule is CNC(=O)[C@H](C)N1CCC(Cc2ccccc2)CC1. The van der Waals surface area contributed by atoms with Crippen molar-refractivity contribution in [1.29, 1.82) is 0 Å². The molecule has 1 aromatic rings. The average molecular weight is 260 g/mol. The molecule has 0 aromatic heterocycles. The van der Waals surface area contributed by atoms with Gasteiger partial charge in [0.25, 0.3) is 0 Å². The Hall–Kier alpha value is -1.35. The number of amides is 1. The first-order chi connectivity index (χ1) is 9.20. The number of likely N-dealkylation sites (N-methyl/N-ethyl adjacent to an activating group) is 1. The average Bonchev–Trinajstić information content (AvgIpc) is 2.47. The van der Waals surface area contributed by atoms with E-state index >= 15 is 0 Å². The summed E-state index contributed by atoms with van der Waals surface area (Å²) in [5.41, 5.74) is 1.43. The molecule has 1 aliphatic rings. The Kier molecular flexibility index (Phi) is 4.97. The van der Waals surface area contributed by atoms with Crippen LogP contribution in [0.3, 0.4) is 0 Å². The maximum atomic E-state index is 11.6. The van der Waals surface area contributed by atoms with Crippen LogP contribution in [0.4, 0.5) is 0 Å². The maximum Gasteiger partial charge on any atom is 0.236 e. The molecule has 1 fully saturated rings. The summed E-state index contributed by atoms with van der Waals surface area (Å²) in [4.78, 5) is 13.9. The molecule has 1 saturated heterocycles. The van der Waals surface area contributed by atoms with Crippen molar-refractivity contribution in [2.45, 2.75) is 32.2 Å². The number of nitrogens with zero attached hydrogens (tertiary/aromatic N) is 1. The summed E-state index contributed by atoms with van der Waals surface area (Å²) < 4.78 is 0. The first kappa shape index (κ1) is 14.1. The van der Waals surface area contributed by atoms with Gasteiger partial charge in [-0.2, -0.15) is 0 Å². The van der Waals surface area contributed by atoms with E-state index in [0.29, 0.717) is 0 Å². The fourth-order valence-electron chi connectivity index (χ4n) is 2.87. The van der Waals surface area contributed by atoms with E-state index in [2.05, 4.69) is 40.5 Å². The Balaban J connectivity index is 1.81. The second-order valence-electron chi connectivity index (χ2n) is 5.46. The third-order valence-corrected chi connectivity index (χ3v) is 4.19. The van der Waals surface area contributed by atoms with Gasteiger partial charge in [0.15, 0.2) is 0 Å². The fraction of sp³-hybridized carbons (Fsp3) is 0.562. The molecule has 0 radical (unpaired) electrons. The summed E-state index contributed by atoms with van der Waals surface area (Å²) in [5.74, 6) is 0.886. The second-order valence-corrected chi connectivity index (χ2v) is 5.46. The number of benzene rings is 1. The third-order valence-electron chi connectivity index (χ3n) is 4.19. The minimum absolute atomic E-state index is 0.00248. The van der Waals surface area contributed by atoms with Crippen LogP contribution in [0.15, 0.2) is 30.3 Å². The smallest absolute Gasteiger partial charge is 0.236 e. The van der Waals surface area contributed by atoms with Crippen LogP contribution >= 0.6 is 0 Å². The van der Waals surface area contributed by atoms with Gasteiger partial charge in [0.2, 0.25) is 5.91 Å². The number of carbonyl (C=O) groups is 1. The first-order valence-electron chi connectivity index (χ1n) is 7.20. The number of hydrogen-bond donors (Lipinski definition) is 1.